The molecule has 184 valence electrons. The Labute approximate surface area is 204 Å². The van der Waals surface area contributed by atoms with Crippen LogP contribution in [0.4, 0.5) is 5.69 Å². The highest BCUT2D eigenvalue weighted by molar-refractivity contribution is 6.08. The largest absolute Gasteiger partial charge is 0.493 e. The van der Waals surface area contributed by atoms with Crippen LogP contribution in [0.5, 0.6) is 17.2 Å². The van der Waals surface area contributed by atoms with Crippen molar-refractivity contribution < 1.29 is 33.7 Å². The zero-order valence-corrected chi connectivity index (χ0v) is 20.5. The van der Waals surface area contributed by atoms with Gasteiger partial charge in [0, 0.05) is 35.7 Å². The van der Waals surface area contributed by atoms with E-state index in [0.717, 1.165) is 0 Å². The molecule has 8 heteroatoms. The van der Waals surface area contributed by atoms with Crippen molar-refractivity contribution in [1.29, 1.82) is 0 Å². The average Bonchev–Trinajstić information content (AvgIpc) is 2.81. The summed E-state index contributed by atoms with van der Waals surface area (Å²) < 4.78 is 16.4. The monoisotopic (exact) mass is 479 g/mol. The van der Waals surface area contributed by atoms with Gasteiger partial charge in [-0.05, 0) is 47.7 Å². The minimum Gasteiger partial charge on any atom is -0.493 e. The van der Waals surface area contributed by atoms with Crippen molar-refractivity contribution in [1.82, 2.24) is 0 Å². The van der Waals surface area contributed by atoms with E-state index in [-0.39, 0.29) is 29.1 Å². The fraction of sp³-hybridized carbons (Fsp3) is 0.370. The van der Waals surface area contributed by atoms with Gasteiger partial charge in [-0.25, -0.2) is 4.79 Å². The van der Waals surface area contributed by atoms with Gasteiger partial charge in [0.1, 0.15) is 0 Å². The first-order valence-electron chi connectivity index (χ1n) is 11.3. The molecule has 2 aromatic rings. The number of methoxy groups -OCH3 is 3. The Morgan fingerprint density at radius 1 is 1.00 bits per heavy atom. The first-order chi connectivity index (χ1) is 16.6. The normalized spacial score (nSPS) is 19.3. The van der Waals surface area contributed by atoms with Gasteiger partial charge in [0.2, 0.25) is 11.7 Å². The quantitative estimate of drug-likeness (QED) is 0.647. The van der Waals surface area contributed by atoms with Crippen molar-refractivity contribution in [3.63, 3.8) is 0 Å². The average molecular weight is 480 g/mol. The van der Waals surface area contributed by atoms with Crippen LogP contribution < -0.4 is 19.1 Å². The number of allylic oxidation sites excluding steroid dienone is 2. The highest BCUT2D eigenvalue weighted by Crippen LogP contribution is 2.50. The maximum absolute atomic E-state index is 13.6. The molecule has 2 aliphatic rings. The number of rotatable bonds is 6. The molecule has 0 radical (unpaired) electrons. The maximum atomic E-state index is 13.6. The number of anilines is 1. The van der Waals surface area contributed by atoms with Gasteiger partial charge in [-0.1, -0.05) is 19.9 Å². The number of hydrogen-bond donors (Lipinski definition) is 1. The fourth-order valence-electron chi connectivity index (χ4n) is 5.08. The molecular weight excluding hydrogens is 450 g/mol. The lowest BCUT2D eigenvalue weighted by Crippen LogP contribution is -2.43. The number of nitrogens with zero attached hydrogens (tertiary/aromatic N) is 1. The molecule has 0 spiro atoms. The summed E-state index contributed by atoms with van der Waals surface area (Å²) in [6, 6.07) is 9.80. The molecule has 35 heavy (non-hydrogen) atoms. The fourth-order valence-corrected chi connectivity index (χ4v) is 5.08. The van der Waals surface area contributed by atoms with Crippen molar-refractivity contribution in [2.75, 3.05) is 26.2 Å². The number of Topliss-reactive ketones (excluding diaryl/α,β-unsaturated/α-hetero) is 1. The zero-order valence-electron chi connectivity index (χ0n) is 20.5. The molecule has 0 aromatic heterocycles. The van der Waals surface area contributed by atoms with E-state index < -0.39 is 11.9 Å². The van der Waals surface area contributed by atoms with E-state index in [2.05, 4.69) is 0 Å². The predicted molar refractivity (Wildman–Crippen MR) is 129 cm³/mol. The lowest BCUT2D eigenvalue weighted by Gasteiger charge is -2.43. The molecule has 0 fully saturated rings. The first kappa shape index (κ1) is 24.3. The van der Waals surface area contributed by atoms with Crippen LogP contribution in [-0.4, -0.2) is 44.1 Å². The van der Waals surface area contributed by atoms with Gasteiger partial charge in [0.15, 0.2) is 17.3 Å². The Bertz CT molecular complexity index is 1220. The number of ether oxygens (including phenoxy) is 3. The van der Waals surface area contributed by atoms with Crippen molar-refractivity contribution in [2.24, 2.45) is 5.41 Å². The SMILES string of the molecule is COc1cc(C2CC(=O)N(c3cccc(C(=O)O)c3)C3=C2C(=O)CC(C)(C)C3)cc(OC)c1OC. The number of aromatic carboxylic acids is 1. The number of carbonyl (C=O) groups excluding carboxylic acids is 2. The predicted octanol–water partition coefficient (Wildman–Crippen LogP) is 4.57. The van der Waals surface area contributed by atoms with E-state index in [0.29, 0.717) is 52.6 Å². The number of benzene rings is 2. The van der Waals surface area contributed by atoms with Gasteiger partial charge >= 0.3 is 5.97 Å². The van der Waals surface area contributed by atoms with Crippen LogP contribution in [0.25, 0.3) is 0 Å². The molecule has 1 aliphatic carbocycles. The Morgan fingerprint density at radius 3 is 2.23 bits per heavy atom. The number of carbonyl (C=O) groups is 3. The Hall–Kier alpha value is -3.81. The van der Waals surface area contributed by atoms with Gasteiger partial charge in [-0.2, -0.15) is 0 Å². The van der Waals surface area contributed by atoms with Crippen LogP contribution >= 0.6 is 0 Å². The molecule has 1 heterocycles. The van der Waals surface area contributed by atoms with Crippen molar-refractivity contribution in [3.05, 3.63) is 58.8 Å². The van der Waals surface area contributed by atoms with Crippen molar-refractivity contribution in [2.45, 2.75) is 39.0 Å². The topological polar surface area (TPSA) is 102 Å². The summed E-state index contributed by atoms with van der Waals surface area (Å²) >= 11 is 0. The second-order valence-electron chi connectivity index (χ2n) is 9.60. The molecule has 1 N–H and O–H groups in total. The van der Waals surface area contributed by atoms with Crippen LogP contribution in [0, 0.1) is 5.41 Å². The van der Waals surface area contributed by atoms with Crippen LogP contribution in [-0.2, 0) is 9.59 Å². The van der Waals surface area contributed by atoms with E-state index in [4.69, 9.17) is 14.2 Å². The second kappa shape index (κ2) is 9.09. The van der Waals surface area contributed by atoms with E-state index >= 15 is 0 Å². The van der Waals surface area contributed by atoms with Gasteiger partial charge in [0.05, 0.1) is 26.9 Å². The van der Waals surface area contributed by atoms with E-state index in [1.807, 2.05) is 13.8 Å². The minimum atomic E-state index is -1.08. The lowest BCUT2D eigenvalue weighted by atomic mass is 9.69. The van der Waals surface area contributed by atoms with Crippen LogP contribution in [0.2, 0.25) is 0 Å². The van der Waals surface area contributed by atoms with Gasteiger partial charge in [0.25, 0.3) is 0 Å². The van der Waals surface area contributed by atoms with Gasteiger partial charge in [-0.3, -0.25) is 14.5 Å². The lowest BCUT2D eigenvalue weighted by molar-refractivity contribution is -0.121. The molecule has 1 amide bonds. The Kier molecular flexibility index (Phi) is 6.32. The molecule has 0 bridgehead atoms. The molecule has 8 nitrogen and oxygen atoms in total. The molecule has 2 aromatic carbocycles. The van der Waals surface area contributed by atoms with Gasteiger partial charge in [-0.15, -0.1) is 0 Å². The third kappa shape index (κ3) is 4.36. The van der Waals surface area contributed by atoms with Gasteiger partial charge < -0.3 is 19.3 Å². The van der Waals surface area contributed by atoms with Crippen molar-refractivity contribution >= 4 is 23.3 Å². The summed E-state index contributed by atoms with van der Waals surface area (Å²) in [4.78, 5) is 40.2. The molecule has 0 saturated heterocycles. The number of amides is 1. The molecule has 1 aliphatic heterocycles. The molecule has 0 saturated carbocycles. The van der Waals surface area contributed by atoms with E-state index in [9.17, 15) is 19.5 Å². The summed E-state index contributed by atoms with van der Waals surface area (Å²) in [5, 5.41) is 9.46. The zero-order chi connectivity index (χ0) is 25.5. The second-order valence-corrected chi connectivity index (χ2v) is 9.60. The van der Waals surface area contributed by atoms with Crippen LogP contribution in [0.1, 0.15) is 54.9 Å². The number of hydrogen-bond acceptors (Lipinski definition) is 6. The highest BCUT2D eigenvalue weighted by Gasteiger charge is 2.44. The third-order valence-corrected chi connectivity index (χ3v) is 6.58. The standard InChI is InChI=1S/C27H29NO7/c1-27(2)13-19-24(20(29)14-27)18(16-10-21(33-3)25(35-5)22(11-16)34-4)12-23(30)28(19)17-8-6-7-15(9-17)26(31)32/h6-11,18H,12-14H2,1-5H3,(H,31,32). The van der Waals surface area contributed by atoms with Crippen LogP contribution in [0.3, 0.4) is 0 Å². The smallest absolute Gasteiger partial charge is 0.335 e. The molecule has 1 atom stereocenters. The summed E-state index contributed by atoms with van der Waals surface area (Å²) in [6.07, 6.45) is 0.892. The van der Waals surface area contributed by atoms with Crippen LogP contribution in [0.15, 0.2) is 47.7 Å². The summed E-state index contributed by atoms with van der Waals surface area (Å²) in [6.45, 7) is 3.99. The summed E-state index contributed by atoms with van der Waals surface area (Å²) in [7, 11) is 4.55. The first-order valence-corrected chi connectivity index (χ1v) is 11.3. The number of carboxylic acid groups (broad SMARTS) is 1. The minimum absolute atomic E-state index is 0.0260. The third-order valence-electron chi connectivity index (χ3n) is 6.58. The summed E-state index contributed by atoms with van der Waals surface area (Å²) in [5.41, 5.74) is 2.06. The highest BCUT2D eigenvalue weighted by atomic mass is 16.5. The summed E-state index contributed by atoms with van der Waals surface area (Å²) in [5.74, 6) is -0.501. The van der Waals surface area contributed by atoms with E-state index in [1.54, 1.807) is 24.3 Å². The molecule has 1 unspecified atom stereocenters. The maximum Gasteiger partial charge on any atom is 0.335 e. The molecular formula is C27H29NO7. The Morgan fingerprint density at radius 2 is 1.66 bits per heavy atom. The Balaban J connectivity index is 1.92. The van der Waals surface area contributed by atoms with Crippen molar-refractivity contribution in [3.8, 4) is 17.2 Å². The number of ketones is 1. The van der Waals surface area contributed by atoms with E-state index in [1.165, 1.54) is 38.4 Å². The number of carboxylic acids is 1. The molecule has 4 rings (SSSR count).